The fraction of sp³-hybridized carbons (Fsp3) is 0.556. The molecule has 1 fully saturated rings. The normalized spacial score (nSPS) is 19.4. The summed E-state index contributed by atoms with van der Waals surface area (Å²) in [6, 6.07) is 10.4. The molecule has 9 nitrogen and oxygen atoms in total. The van der Waals surface area contributed by atoms with Gasteiger partial charge in [0.15, 0.2) is 0 Å². The minimum atomic E-state index is -1.40. The van der Waals surface area contributed by atoms with Gasteiger partial charge in [0, 0.05) is 37.2 Å². The first-order chi connectivity index (χ1) is 17.1. The van der Waals surface area contributed by atoms with Gasteiger partial charge in [-0.15, -0.1) is 0 Å². The van der Waals surface area contributed by atoms with E-state index in [1.165, 1.54) is 0 Å². The lowest BCUT2D eigenvalue weighted by Gasteiger charge is -2.38. The molecule has 4 rings (SSSR count). The summed E-state index contributed by atoms with van der Waals surface area (Å²) < 4.78 is 14.1. The van der Waals surface area contributed by atoms with Crippen LogP contribution in [0, 0.1) is 5.92 Å². The van der Waals surface area contributed by atoms with E-state index in [2.05, 4.69) is 39.6 Å². The predicted molar refractivity (Wildman–Crippen MR) is 138 cm³/mol. The van der Waals surface area contributed by atoms with E-state index in [-0.39, 0.29) is 0 Å². The van der Waals surface area contributed by atoms with Gasteiger partial charge in [-0.2, -0.15) is 0 Å². The fourth-order valence-corrected chi connectivity index (χ4v) is 4.57. The van der Waals surface area contributed by atoms with Gasteiger partial charge in [0.1, 0.15) is 17.5 Å². The van der Waals surface area contributed by atoms with Crippen LogP contribution in [0.2, 0.25) is 0 Å². The largest absolute Gasteiger partial charge is 0.486 e. The molecule has 6 N–H and O–H groups in total. The monoisotopic (exact) mass is 498 g/mol. The van der Waals surface area contributed by atoms with E-state index in [0.717, 1.165) is 60.9 Å². The Hall–Kier alpha value is -2.72. The zero-order chi connectivity index (χ0) is 25.9. The van der Waals surface area contributed by atoms with Gasteiger partial charge in [-0.3, -0.25) is 10.2 Å². The summed E-state index contributed by atoms with van der Waals surface area (Å²) in [6.45, 7) is 11.4. The summed E-state index contributed by atoms with van der Waals surface area (Å²) in [4.78, 5) is 18.0. The van der Waals surface area contributed by atoms with Crippen LogP contribution in [-0.2, 0) is 27.3 Å². The van der Waals surface area contributed by atoms with Crippen LogP contribution in [0.3, 0.4) is 0 Å². The van der Waals surface area contributed by atoms with Crippen LogP contribution in [0.1, 0.15) is 39.7 Å². The maximum absolute atomic E-state index is 12.9. The topological polar surface area (TPSA) is 125 Å². The molecule has 2 aromatic rings. The number of hydrogen-bond acceptors (Lipinski definition) is 8. The third kappa shape index (κ3) is 5.81. The van der Waals surface area contributed by atoms with Crippen LogP contribution in [0.4, 0.5) is 5.82 Å². The van der Waals surface area contributed by atoms with E-state index in [1.54, 1.807) is 6.92 Å². The summed E-state index contributed by atoms with van der Waals surface area (Å²) in [6.07, 6.45) is 2.97. The zero-order valence-electron chi connectivity index (χ0n) is 21.8. The summed E-state index contributed by atoms with van der Waals surface area (Å²) >= 11 is 0. The Kier molecular flexibility index (Phi) is 7.85. The van der Waals surface area contributed by atoms with E-state index < -0.39 is 23.3 Å². The lowest BCUT2D eigenvalue weighted by molar-refractivity contribution is -0.690. The minimum Gasteiger partial charge on any atom is -0.486 e. The van der Waals surface area contributed by atoms with Crippen LogP contribution < -0.4 is 31.6 Å². The molecule has 2 aliphatic heterocycles. The van der Waals surface area contributed by atoms with Crippen molar-refractivity contribution < 1.29 is 23.7 Å². The molecule has 1 saturated heterocycles. The number of esters is 1. The number of fused-ring (bicyclic) bond motifs is 1. The molecule has 0 saturated carbocycles. The molecule has 0 amide bonds. The molecule has 196 valence electrons. The maximum Gasteiger partial charge on any atom is 0.344 e. The van der Waals surface area contributed by atoms with E-state index in [9.17, 15) is 4.79 Å². The van der Waals surface area contributed by atoms with Crippen molar-refractivity contribution in [2.24, 2.45) is 17.5 Å². The van der Waals surface area contributed by atoms with Crippen molar-refractivity contribution in [3.8, 4) is 16.9 Å². The number of anilines is 1. The van der Waals surface area contributed by atoms with Crippen LogP contribution >= 0.6 is 0 Å². The Morgan fingerprint density at radius 3 is 2.58 bits per heavy atom. The summed E-state index contributed by atoms with van der Waals surface area (Å²) in [7, 11) is 0. The number of aryl methyl sites for hydroxylation is 1. The molecular weight excluding hydrogens is 458 g/mol. The fourth-order valence-electron chi connectivity index (χ4n) is 4.57. The van der Waals surface area contributed by atoms with Crippen molar-refractivity contribution in [1.82, 2.24) is 5.32 Å². The Morgan fingerprint density at radius 1 is 1.19 bits per heavy atom. The highest BCUT2D eigenvalue weighted by Gasteiger charge is 2.48. The molecule has 36 heavy (non-hydrogen) atoms. The number of nitrogens with zero attached hydrogens (tertiary/aromatic N) is 1. The number of aromatic nitrogens is 1. The van der Waals surface area contributed by atoms with Gasteiger partial charge in [-0.25, -0.2) is 15.3 Å². The number of benzene rings is 1. The average molecular weight is 499 g/mol. The zero-order valence-corrected chi connectivity index (χ0v) is 21.8. The maximum atomic E-state index is 12.9. The van der Waals surface area contributed by atoms with E-state index >= 15 is 0 Å². The molecular formula is C27H40N5O4+. The second kappa shape index (κ2) is 10.7. The lowest BCUT2D eigenvalue weighted by atomic mass is 9.89. The lowest BCUT2D eigenvalue weighted by Crippen LogP contribution is -2.56. The highest BCUT2D eigenvalue weighted by Crippen LogP contribution is 2.36. The smallest absolute Gasteiger partial charge is 0.344 e. The van der Waals surface area contributed by atoms with E-state index in [0.29, 0.717) is 18.9 Å². The highest BCUT2D eigenvalue weighted by molar-refractivity contribution is 5.80. The molecule has 0 radical (unpaired) electrons. The van der Waals surface area contributed by atoms with Gasteiger partial charge >= 0.3 is 5.97 Å². The summed E-state index contributed by atoms with van der Waals surface area (Å²) in [5.41, 5.74) is 6.99. The number of pyridine rings is 1. The number of hydrogen-bond donors (Lipinski definition) is 4. The van der Waals surface area contributed by atoms with Gasteiger partial charge in [-0.1, -0.05) is 6.07 Å². The molecule has 0 unspecified atom stereocenters. The first-order valence-corrected chi connectivity index (χ1v) is 12.7. The van der Waals surface area contributed by atoms with Gasteiger partial charge in [0.05, 0.1) is 19.3 Å². The van der Waals surface area contributed by atoms with Crippen molar-refractivity contribution in [1.29, 1.82) is 0 Å². The minimum absolute atomic E-state index is 0.530. The molecule has 1 aromatic carbocycles. The van der Waals surface area contributed by atoms with Crippen molar-refractivity contribution in [3.63, 3.8) is 0 Å². The Balaban J connectivity index is 1.54. The molecule has 2 aliphatic rings. The second-order valence-corrected chi connectivity index (χ2v) is 10.9. The third-order valence-electron chi connectivity index (χ3n) is 6.80. The quantitative estimate of drug-likeness (QED) is 0.235. The Labute approximate surface area is 213 Å². The van der Waals surface area contributed by atoms with Crippen LogP contribution in [0.25, 0.3) is 11.1 Å². The molecule has 3 heterocycles. The number of carbonyl (C=O) groups excluding carboxylic acids is 1. The molecule has 0 aliphatic carbocycles. The van der Waals surface area contributed by atoms with Crippen molar-refractivity contribution in [2.75, 3.05) is 31.5 Å². The number of nitrogens with one attached hydrogen (secondary N) is 2. The molecule has 0 spiro atoms. The van der Waals surface area contributed by atoms with E-state index in [4.69, 9.17) is 25.9 Å². The standard InChI is InChI=1S/C27H39N5O4/c1-26(2,3)35-25(33)27(4,36-29)23-9-6-20-13-19(5-8-22(20)34-23)21-7-10-24(31-12-11-28)32(17-21)16-18-14-30-15-18/h5,7-8,10,13,17-18,23,30H,6,9,11-12,14-16,28-29H2,1-4H3/p+1/t23-,27+/m1/s1. The van der Waals surface area contributed by atoms with Crippen LogP contribution in [0.5, 0.6) is 5.75 Å². The third-order valence-corrected chi connectivity index (χ3v) is 6.80. The van der Waals surface area contributed by atoms with Crippen molar-refractivity contribution in [2.45, 2.75) is 64.4 Å². The van der Waals surface area contributed by atoms with Gasteiger partial charge < -0.3 is 20.5 Å². The average Bonchev–Trinajstić information content (AvgIpc) is 2.83. The highest BCUT2D eigenvalue weighted by atomic mass is 16.7. The van der Waals surface area contributed by atoms with Crippen LogP contribution in [-0.4, -0.2) is 49.5 Å². The Bertz CT molecular complexity index is 1080. The summed E-state index contributed by atoms with van der Waals surface area (Å²) in [5, 5.41) is 6.78. The van der Waals surface area contributed by atoms with Gasteiger partial charge in [-0.05, 0) is 69.9 Å². The van der Waals surface area contributed by atoms with Gasteiger partial charge in [0.2, 0.25) is 5.60 Å². The second-order valence-electron chi connectivity index (χ2n) is 10.9. The van der Waals surface area contributed by atoms with Gasteiger partial charge in [0.25, 0.3) is 5.82 Å². The predicted octanol–water partition coefficient (Wildman–Crippen LogP) is 1.92. The number of nitrogens with two attached hydrogens (primary N) is 2. The van der Waals surface area contributed by atoms with E-state index in [1.807, 2.05) is 32.9 Å². The first-order valence-electron chi connectivity index (χ1n) is 12.7. The van der Waals surface area contributed by atoms with Crippen molar-refractivity contribution in [3.05, 3.63) is 42.1 Å². The number of ether oxygens (including phenoxy) is 2. The first kappa shape index (κ1) is 26.3. The molecule has 2 atom stereocenters. The van der Waals surface area contributed by atoms with Crippen molar-refractivity contribution >= 4 is 11.8 Å². The molecule has 1 aromatic heterocycles. The van der Waals surface area contributed by atoms with Crippen LogP contribution in [0.15, 0.2) is 36.5 Å². The Morgan fingerprint density at radius 2 is 1.94 bits per heavy atom. The summed E-state index contributed by atoms with van der Waals surface area (Å²) in [5.74, 6) is 7.49. The number of carbonyl (C=O) groups is 1. The molecule has 0 bridgehead atoms. The number of rotatable bonds is 9. The SMILES string of the molecule is CC(C)(C)OC(=O)[C@@](C)(ON)[C@H]1CCc2cc(-c3ccc(NCCN)[n+](CC4CNC4)c3)ccc2O1. The molecule has 9 heteroatoms.